The van der Waals surface area contributed by atoms with Crippen LogP contribution in [0.15, 0.2) is 30.3 Å². The number of hydrogen-bond acceptors (Lipinski definition) is 3. The number of amides is 2. The summed E-state index contributed by atoms with van der Waals surface area (Å²) in [6.07, 6.45) is 1.66. The summed E-state index contributed by atoms with van der Waals surface area (Å²) in [5.41, 5.74) is 3.43. The van der Waals surface area contributed by atoms with Crippen LogP contribution in [0.4, 0.5) is 5.69 Å². The van der Waals surface area contributed by atoms with E-state index in [1.54, 1.807) is 0 Å². The number of hydrazine groups is 1. The van der Waals surface area contributed by atoms with E-state index in [0.29, 0.717) is 12.8 Å². The van der Waals surface area contributed by atoms with Crippen molar-refractivity contribution in [2.24, 2.45) is 5.41 Å². The van der Waals surface area contributed by atoms with Crippen LogP contribution in [0.1, 0.15) is 33.1 Å². The van der Waals surface area contributed by atoms with Crippen molar-refractivity contribution in [1.82, 2.24) is 5.01 Å². The Labute approximate surface area is 107 Å². The molecule has 4 heteroatoms. The maximum absolute atomic E-state index is 12.0. The Bertz CT molecular complexity index is 438. The molecule has 0 aliphatic carbocycles. The third-order valence-electron chi connectivity index (χ3n) is 3.52. The monoisotopic (exact) mass is 246 g/mol. The van der Waals surface area contributed by atoms with Crippen molar-refractivity contribution in [3.05, 3.63) is 30.3 Å². The van der Waals surface area contributed by atoms with E-state index in [9.17, 15) is 9.59 Å². The van der Waals surface area contributed by atoms with Gasteiger partial charge in [0.15, 0.2) is 0 Å². The van der Waals surface area contributed by atoms with Gasteiger partial charge in [-0.3, -0.25) is 15.0 Å². The number of nitrogens with one attached hydrogen (secondary N) is 1. The van der Waals surface area contributed by atoms with E-state index in [1.807, 2.05) is 44.2 Å². The summed E-state index contributed by atoms with van der Waals surface area (Å²) >= 11 is 0. The van der Waals surface area contributed by atoms with Gasteiger partial charge in [-0.25, -0.2) is 0 Å². The van der Waals surface area contributed by atoms with E-state index >= 15 is 0 Å². The maximum atomic E-state index is 12.0. The van der Waals surface area contributed by atoms with Crippen LogP contribution < -0.4 is 5.43 Å². The highest BCUT2D eigenvalue weighted by molar-refractivity contribution is 5.99. The molecule has 1 heterocycles. The molecule has 0 saturated carbocycles. The average molecular weight is 246 g/mol. The van der Waals surface area contributed by atoms with Gasteiger partial charge in [0.1, 0.15) is 0 Å². The third kappa shape index (κ3) is 2.53. The van der Waals surface area contributed by atoms with E-state index in [0.717, 1.165) is 17.1 Å². The Balaban J connectivity index is 2.11. The van der Waals surface area contributed by atoms with Crippen molar-refractivity contribution < 1.29 is 9.59 Å². The lowest BCUT2D eigenvalue weighted by Crippen LogP contribution is -2.49. The zero-order valence-electron chi connectivity index (χ0n) is 10.8. The molecule has 1 saturated heterocycles. The fraction of sp³-hybridized carbons (Fsp3) is 0.429. The average Bonchev–Trinajstić information content (AvgIpc) is 2.35. The largest absolute Gasteiger partial charge is 0.289 e. The van der Waals surface area contributed by atoms with E-state index in [2.05, 4.69) is 5.43 Å². The zero-order valence-corrected chi connectivity index (χ0v) is 10.8. The first-order valence-corrected chi connectivity index (χ1v) is 6.21. The number of carbonyl (C=O) groups is 2. The molecule has 0 unspecified atom stereocenters. The van der Waals surface area contributed by atoms with Crippen LogP contribution in [0.5, 0.6) is 0 Å². The molecule has 1 aliphatic heterocycles. The van der Waals surface area contributed by atoms with Crippen LogP contribution in [0.25, 0.3) is 0 Å². The lowest BCUT2D eigenvalue weighted by atomic mass is 9.78. The minimum Gasteiger partial charge on any atom is -0.289 e. The standard InChI is InChI=1S/C14H18N2O2/c1-3-14(2)9-12(17)16(13(18)10-14)15-11-7-5-4-6-8-11/h4-8,15H,3,9-10H2,1-2H3. The van der Waals surface area contributed by atoms with Crippen LogP contribution in [-0.2, 0) is 9.59 Å². The summed E-state index contributed by atoms with van der Waals surface area (Å²) in [6.45, 7) is 4.00. The zero-order chi connectivity index (χ0) is 13.2. The van der Waals surface area contributed by atoms with Crippen LogP contribution >= 0.6 is 0 Å². The molecule has 18 heavy (non-hydrogen) atoms. The molecule has 0 bridgehead atoms. The highest BCUT2D eigenvalue weighted by Crippen LogP contribution is 2.35. The number of nitrogens with zero attached hydrogens (tertiary/aromatic N) is 1. The van der Waals surface area contributed by atoms with Gasteiger partial charge >= 0.3 is 0 Å². The molecule has 1 aliphatic rings. The summed E-state index contributed by atoms with van der Waals surface area (Å²) in [7, 11) is 0. The summed E-state index contributed by atoms with van der Waals surface area (Å²) in [5.74, 6) is -0.307. The first kappa shape index (κ1) is 12.6. The van der Waals surface area contributed by atoms with Gasteiger partial charge in [0.25, 0.3) is 0 Å². The number of para-hydroxylation sites is 1. The van der Waals surface area contributed by atoms with Crippen molar-refractivity contribution >= 4 is 17.5 Å². The predicted molar refractivity (Wildman–Crippen MR) is 69.5 cm³/mol. The second-order valence-electron chi connectivity index (χ2n) is 5.12. The highest BCUT2D eigenvalue weighted by atomic mass is 16.2. The third-order valence-corrected chi connectivity index (χ3v) is 3.52. The first-order valence-electron chi connectivity index (χ1n) is 6.21. The minimum absolute atomic E-state index is 0.153. The van der Waals surface area contributed by atoms with Crippen LogP contribution in [-0.4, -0.2) is 16.8 Å². The number of anilines is 1. The summed E-state index contributed by atoms with van der Waals surface area (Å²) < 4.78 is 0. The molecule has 2 amide bonds. The molecule has 0 atom stereocenters. The molecule has 96 valence electrons. The Morgan fingerprint density at radius 2 is 1.72 bits per heavy atom. The minimum atomic E-state index is -0.191. The normalized spacial score (nSPS) is 18.9. The van der Waals surface area contributed by atoms with Crippen molar-refractivity contribution in [2.75, 3.05) is 5.43 Å². The molecule has 4 nitrogen and oxygen atoms in total. The second kappa shape index (κ2) is 4.80. The number of hydrogen-bond donors (Lipinski definition) is 1. The Kier molecular flexibility index (Phi) is 3.36. The molecule has 1 fully saturated rings. The molecule has 1 aromatic rings. The van der Waals surface area contributed by atoms with E-state index < -0.39 is 0 Å². The summed E-state index contributed by atoms with van der Waals surface area (Å²) in [6, 6.07) is 9.26. The Morgan fingerprint density at radius 3 is 2.22 bits per heavy atom. The van der Waals surface area contributed by atoms with Gasteiger partial charge in [-0.2, -0.15) is 5.01 Å². The van der Waals surface area contributed by atoms with E-state index in [1.165, 1.54) is 0 Å². The van der Waals surface area contributed by atoms with Gasteiger partial charge in [-0.05, 0) is 24.0 Å². The highest BCUT2D eigenvalue weighted by Gasteiger charge is 2.39. The summed E-state index contributed by atoms with van der Waals surface area (Å²) in [4.78, 5) is 24.1. The van der Waals surface area contributed by atoms with Crippen molar-refractivity contribution in [1.29, 1.82) is 0 Å². The molecular weight excluding hydrogens is 228 g/mol. The quantitative estimate of drug-likeness (QED) is 0.834. The Hall–Kier alpha value is -1.84. The van der Waals surface area contributed by atoms with Crippen molar-refractivity contribution in [3.8, 4) is 0 Å². The van der Waals surface area contributed by atoms with Crippen molar-refractivity contribution in [3.63, 3.8) is 0 Å². The maximum Gasteiger partial charge on any atom is 0.248 e. The topological polar surface area (TPSA) is 49.4 Å². The summed E-state index contributed by atoms with van der Waals surface area (Å²) in [5, 5.41) is 1.15. The SMILES string of the molecule is CCC1(C)CC(=O)N(Nc2ccccc2)C(=O)C1. The van der Waals surface area contributed by atoms with Crippen molar-refractivity contribution in [2.45, 2.75) is 33.1 Å². The number of carbonyl (C=O) groups excluding carboxylic acids is 2. The lowest BCUT2D eigenvalue weighted by Gasteiger charge is -2.36. The Morgan fingerprint density at radius 1 is 1.17 bits per heavy atom. The molecular formula is C14H18N2O2. The van der Waals surface area contributed by atoms with Gasteiger partial charge in [0.2, 0.25) is 11.8 Å². The second-order valence-corrected chi connectivity index (χ2v) is 5.12. The fourth-order valence-electron chi connectivity index (χ4n) is 2.11. The lowest BCUT2D eigenvalue weighted by molar-refractivity contribution is -0.151. The fourth-order valence-corrected chi connectivity index (χ4v) is 2.11. The van der Waals surface area contributed by atoms with Gasteiger partial charge in [0.05, 0.1) is 5.69 Å². The first-order chi connectivity index (χ1) is 8.54. The van der Waals surface area contributed by atoms with E-state index in [-0.39, 0.29) is 17.2 Å². The van der Waals surface area contributed by atoms with Gasteiger partial charge in [-0.1, -0.05) is 32.0 Å². The van der Waals surface area contributed by atoms with Crippen LogP contribution in [0, 0.1) is 5.41 Å². The number of benzene rings is 1. The van der Waals surface area contributed by atoms with Gasteiger partial charge in [0, 0.05) is 12.8 Å². The van der Waals surface area contributed by atoms with Gasteiger partial charge in [-0.15, -0.1) is 0 Å². The molecule has 0 spiro atoms. The molecule has 0 radical (unpaired) electrons. The van der Waals surface area contributed by atoms with Gasteiger partial charge < -0.3 is 0 Å². The smallest absolute Gasteiger partial charge is 0.248 e. The molecule has 2 rings (SSSR count). The predicted octanol–water partition coefficient (Wildman–Crippen LogP) is 2.58. The number of piperidine rings is 1. The van der Waals surface area contributed by atoms with Crippen LogP contribution in [0.3, 0.4) is 0 Å². The van der Waals surface area contributed by atoms with Crippen LogP contribution in [0.2, 0.25) is 0 Å². The van der Waals surface area contributed by atoms with E-state index in [4.69, 9.17) is 0 Å². The number of imide groups is 1. The number of rotatable bonds is 3. The molecule has 1 aromatic carbocycles. The molecule has 1 N–H and O–H groups in total. The molecule has 0 aromatic heterocycles.